The molecule has 0 radical (unpaired) electrons. The maximum Gasteiger partial charge on any atom is 0.257 e. The number of benzene rings is 1. The molecule has 1 unspecified atom stereocenters. The van der Waals surface area contributed by atoms with Crippen LogP contribution in [0.4, 0.5) is 8.78 Å². The summed E-state index contributed by atoms with van der Waals surface area (Å²) in [7, 11) is 0. The van der Waals surface area contributed by atoms with Gasteiger partial charge in [-0.3, -0.25) is 4.79 Å². The van der Waals surface area contributed by atoms with Gasteiger partial charge < -0.3 is 4.90 Å². The van der Waals surface area contributed by atoms with E-state index in [1.807, 2.05) is 19.1 Å². The molecule has 96 valence electrons. The summed E-state index contributed by atoms with van der Waals surface area (Å²) in [4.78, 5) is 13.7. The first-order valence-corrected chi connectivity index (χ1v) is 5.98. The summed E-state index contributed by atoms with van der Waals surface area (Å²) in [6.07, 6.45) is 4.55. The van der Waals surface area contributed by atoms with Crippen LogP contribution in [0.15, 0.2) is 24.3 Å². The van der Waals surface area contributed by atoms with Crippen LogP contribution in [0.5, 0.6) is 0 Å². The van der Waals surface area contributed by atoms with Crippen LogP contribution in [0.2, 0.25) is 0 Å². The lowest BCUT2D eigenvalue weighted by atomic mass is 10.1. The van der Waals surface area contributed by atoms with E-state index < -0.39 is 17.5 Å². The molecule has 0 bridgehead atoms. The molecule has 1 aromatic carbocycles. The second-order valence-electron chi connectivity index (χ2n) is 4.42. The van der Waals surface area contributed by atoms with Gasteiger partial charge in [0.1, 0.15) is 0 Å². The van der Waals surface area contributed by atoms with Crippen LogP contribution >= 0.6 is 0 Å². The van der Waals surface area contributed by atoms with Crippen molar-refractivity contribution in [3.8, 4) is 0 Å². The maximum atomic E-state index is 13.8. The maximum absolute atomic E-state index is 13.8. The average Bonchev–Trinajstić information content (AvgIpc) is 2.83. The van der Waals surface area contributed by atoms with E-state index in [0.717, 1.165) is 6.42 Å². The molecular weight excluding hydrogens is 236 g/mol. The van der Waals surface area contributed by atoms with Crippen molar-refractivity contribution < 1.29 is 13.6 Å². The van der Waals surface area contributed by atoms with Gasteiger partial charge in [0.05, 0.1) is 11.6 Å². The highest BCUT2D eigenvalue weighted by Crippen LogP contribution is 2.21. The second kappa shape index (κ2) is 4.88. The first-order chi connectivity index (χ1) is 8.56. The van der Waals surface area contributed by atoms with E-state index >= 15 is 0 Å². The number of amides is 1. The van der Waals surface area contributed by atoms with E-state index in [1.165, 1.54) is 19.1 Å². The minimum Gasteiger partial charge on any atom is -0.328 e. The Balaban J connectivity index is 2.33. The minimum absolute atomic E-state index is 0.0266. The summed E-state index contributed by atoms with van der Waals surface area (Å²) < 4.78 is 27.2. The molecule has 2 rings (SSSR count). The van der Waals surface area contributed by atoms with Gasteiger partial charge in [0, 0.05) is 6.54 Å². The van der Waals surface area contributed by atoms with Crippen molar-refractivity contribution >= 4 is 5.91 Å². The summed E-state index contributed by atoms with van der Waals surface area (Å²) in [5.41, 5.74) is 0.0101. The highest BCUT2D eigenvalue weighted by molar-refractivity contribution is 5.95. The molecule has 1 amide bonds. The van der Waals surface area contributed by atoms with E-state index in [4.69, 9.17) is 0 Å². The number of rotatable bonds is 2. The molecule has 0 saturated heterocycles. The number of halogens is 2. The van der Waals surface area contributed by atoms with Crippen LogP contribution in [0.1, 0.15) is 29.3 Å². The summed E-state index contributed by atoms with van der Waals surface area (Å²) >= 11 is 0. The molecule has 0 spiro atoms. The third kappa shape index (κ3) is 2.03. The lowest BCUT2D eigenvalue weighted by Crippen LogP contribution is -2.36. The zero-order chi connectivity index (χ0) is 13.3. The largest absolute Gasteiger partial charge is 0.328 e. The SMILES string of the molecule is CCC1C=CCN1C(=O)c1ccc(C)c(F)c1F. The number of carbonyl (C=O) groups excluding carboxylic acids is 1. The first-order valence-electron chi connectivity index (χ1n) is 5.98. The van der Waals surface area contributed by atoms with Crippen molar-refractivity contribution in [1.82, 2.24) is 4.90 Å². The summed E-state index contributed by atoms with van der Waals surface area (Å²) in [6, 6.07) is 2.75. The first kappa shape index (κ1) is 12.7. The van der Waals surface area contributed by atoms with Crippen molar-refractivity contribution in [3.05, 3.63) is 47.0 Å². The molecule has 18 heavy (non-hydrogen) atoms. The Morgan fingerprint density at radius 2 is 2.11 bits per heavy atom. The quantitative estimate of drug-likeness (QED) is 0.740. The standard InChI is InChI=1S/C14H15F2NO/c1-3-10-5-4-8-17(10)14(18)11-7-6-9(2)12(15)13(11)16/h4-7,10H,3,8H2,1-2H3. The van der Waals surface area contributed by atoms with Crippen LogP contribution < -0.4 is 0 Å². The summed E-state index contributed by atoms with van der Waals surface area (Å²) in [5, 5.41) is 0. The summed E-state index contributed by atoms with van der Waals surface area (Å²) in [5.74, 6) is -2.45. The summed E-state index contributed by atoms with van der Waals surface area (Å²) in [6.45, 7) is 3.87. The molecule has 0 aromatic heterocycles. The molecule has 2 nitrogen and oxygen atoms in total. The fraction of sp³-hybridized carbons (Fsp3) is 0.357. The molecule has 4 heteroatoms. The van der Waals surface area contributed by atoms with Gasteiger partial charge in [0.15, 0.2) is 11.6 Å². The zero-order valence-corrected chi connectivity index (χ0v) is 10.4. The Morgan fingerprint density at radius 1 is 1.39 bits per heavy atom. The Kier molecular flexibility index (Phi) is 3.45. The number of aryl methyl sites for hydroxylation is 1. The molecule has 1 atom stereocenters. The van der Waals surface area contributed by atoms with Crippen LogP contribution in [0.3, 0.4) is 0 Å². The van der Waals surface area contributed by atoms with Gasteiger partial charge in [0.2, 0.25) is 0 Å². The topological polar surface area (TPSA) is 20.3 Å². The third-order valence-corrected chi connectivity index (χ3v) is 3.25. The normalized spacial score (nSPS) is 18.4. The van der Waals surface area contributed by atoms with Crippen molar-refractivity contribution in [3.63, 3.8) is 0 Å². The molecule has 0 N–H and O–H groups in total. The van der Waals surface area contributed by atoms with E-state index in [0.29, 0.717) is 6.54 Å². The van der Waals surface area contributed by atoms with E-state index in [2.05, 4.69) is 0 Å². The third-order valence-electron chi connectivity index (χ3n) is 3.25. The molecule has 0 fully saturated rings. The molecule has 1 heterocycles. The molecule has 1 aliphatic rings. The monoisotopic (exact) mass is 251 g/mol. The highest BCUT2D eigenvalue weighted by Gasteiger charge is 2.27. The van der Waals surface area contributed by atoms with Crippen molar-refractivity contribution in [2.24, 2.45) is 0 Å². The lowest BCUT2D eigenvalue weighted by molar-refractivity contribution is 0.0741. The van der Waals surface area contributed by atoms with E-state index in [-0.39, 0.29) is 17.2 Å². The lowest BCUT2D eigenvalue weighted by Gasteiger charge is -2.24. The van der Waals surface area contributed by atoms with Gasteiger partial charge >= 0.3 is 0 Å². The molecule has 1 aromatic rings. The number of hydrogen-bond donors (Lipinski definition) is 0. The molecular formula is C14H15F2NO. The van der Waals surface area contributed by atoms with Gasteiger partial charge in [-0.25, -0.2) is 8.78 Å². The van der Waals surface area contributed by atoms with Crippen molar-refractivity contribution in [2.45, 2.75) is 26.3 Å². The van der Waals surface area contributed by atoms with Crippen LogP contribution in [0.25, 0.3) is 0 Å². The minimum atomic E-state index is -1.05. The molecule has 0 aliphatic carbocycles. The van der Waals surface area contributed by atoms with Gasteiger partial charge in [-0.1, -0.05) is 25.1 Å². The molecule has 1 aliphatic heterocycles. The highest BCUT2D eigenvalue weighted by atomic mass is 19.2. The van der Waals surface area contributed by atoms with Gasteiger partial charge in [0.25, 0.3) is 5.91 Å². The number of hydrogen-bond acceptors (Lipinski definition) is 1. The van der Waals surface area contributed by atoms with Crippen LogP contribution in [0, 0.1) is 18.6 Å². The Labute approximate surface area is 105 Å². The van der Waals surface area contributed by atoms with Crippen molar-refractivity contribution in [2.75, 3.05) is 6.54 Å². The average molecular weight is 251 g/mol. The van der Waals surface area contributed by atoms with Crippen molar-refractivity contribution in [1.29, 1.82) is 0 Å². The predicted octanol–water partition coefficient (Wildman–Crippen LogP) is 3.06. The zero-order valence-electron chi connectivity index (χ0n) is 10.4. The Morgan fingerprint density at radius 3 is 2.78 bits per heavy atom. The van der Waals surface area contributed by atoms with E-state index in [9.17, 15) is 13.6 Å². The van der Waals surface area contributed by atoms with Crippen LogP contribution in [-0.2, 0) is 0 Å². The number of nitrogens with zero attached hydrogens (tertiary/aromatic N) is 1. The van der Waals surface area contributed by atoms with E-state index in [1.54, 1.807) is 4.90 Å². The Bertz CT molecular complexity index is 511. The predicted molar refractivity (Wildman–Crippen MR) is 65.4 cm³/mol. The van der Waals surface area contributed by atoms with Crippen LogP contribution in [-0.4, -0.2) is 23.4 Å². The molecule has 0 saturated carbocycles. The smallest absolute Gasteiger partial charge is 0.257 e. The Hall–Kier alpha value is -1.71. The number of carbonyl (C=O) groups is 1. The van der Waals surface area contributed by atoms with Gasteiger partial charge in [-0.05, 0) is 25.0 Å². The second-order valence-corrected chi connectivity index (χ2v) is 4.42. The fourth-order valence-corrected chi connectivity index (χ4v) is 2.13. The fourth-order valence-electron chi connectivity index (χ4n) is 2.13. The van der Waals surface area contributed by atoms with Gasteiger partial charge in [-0.15, -0.1) is 0 Å². The van der Waals surface area contributed by atoms with Gasteiger partial charge in [-0.2, -0.15) is 0 Å².